The van der Waals surface area contributed by atoms with Gasteiger partial charge in [-0.3, -0.25) is 0 Å². The molecule has 0 spiro atoms. The summed E-state index contributed by atoms with van der Waals surface area (Å²) in [4.78, 5) is 14.8. The molecule has 2 N–H and O–H groups in total. The lowest BCUT2D eigenvalue weighted by Gasteiger charge is -2.06. The molecule has 0 saturated heterocycles. The largest absolute Gasteiger partial charge is 0.412 e. The second-order valence-electron chi connectivity index (χ2n) is 4.78. The first kappa shape index (κ1) is 13.2. The Bertz CT molecular complexity index is 735. The molecule has 2 aromatic carbocycles. The topological polar surface area (TPSA) is 54.1 Å². The van der Waals surface area contributed by atoms with E-state index in [-0.39, 0.29) is 0 Å². The van der Waals surface area contributed by atoms with E-state index in [9.17, 15) is 4.79 Å². The lowest BCUT2D eigenvalue weighted by Crippen LogP contribution is -2.28. The first-order valence-electron chi connectivity index (χ1n) is 6.88. The molecule has 0 aliphatic heterocycles. The summed E-state index contributed by atoms with van der Waals surface area (Å²) in [5.74, 6) is 0.544. The van der Waals surface area contributed by atoms with Gasteiger partial charge in [0, 0.05) is 18.3 Å². The van der Waals surface area contributed by atoms with Gasteiger partial charge in [-0.25, -0.2) is 4.79 Å². The Kier molecular flexibility index (Phi) is 3.87. The smallest absolute Gasteiger partial charge is 0.410 e. The van der Waals surface area contributed by atoms with Crippen molar-refractivity contribution in [3.05, 3.63) is 66.4 Å². The van der Waals surface area contributed by atoms with Crippen LogP contribution in [-0.2, 0) is 6.42 Å². The number of fused-ring (bicyclic) bond motifs is 1. The van der Waals surface area contributed by atoms with Gasteiger partial charge in [0.1, 0.15) is 5.75 Å². The van der Waals surface area contributed by atoms with E-state index in [1.165, 1.54) is 10.9 Å². The van der Waals surface area contributed by atoms with Crippen molar-refractivity contribution < 1.29 is 9.53 Å². The molecule has 4 nitrogen and oxygen atoms in total. The molecular formula is C17H16N2O2. The third-order valence-corrected chi connectivity index (χ3v) is 3.26. The molecule has 3 rings (SSSR count). The van der Waals surface area contributed by atoms with Crippen LogP contribution in [0.3, 0.4) is 0 Å². The third kappa shape index (κ3) is 3.42. The molecule has 1 amide bonds. The van der Waals surface area contributed by atoms with Gasteiger partial charge >= 0.3 is 6.09 Å². The summed E-state index contributed by atoms with van der Waals surface area (Å²) >= 11 is 0. The summed E-state index contributed by atoms with van der Waals surface area (Å²) in [5.41, 5.74) is 2.28. The molecule has 0 bridgehead atoms. The Labute approximate surface area is 122 Å². The maximum absolute atomic E-state index is 11.6. The van der Waals surface area contributed by atoms with Crippen molar-refractivity contribution in [3.63, 3.8) is 0 Å². The van der Waals surface area contributed by atoms with Crippen LogP contribution in [0.25, 0.3) is 10.9 Å². The van der Waals surface area contributed by atoms with E-state index in [1.807, 2.05) is 30.5 Å². The highest BCUT2D eigenvalue weighted by Gasteiger charge is 2.03. The zero-order valence-corrected chi connectivity index (χ0v) is 11.5. The minimum absolute atomic E-state index is 0.429. The Balaban J connectivity index is 1.50. The van der Waals surface area contributed by atoms with E-state index in [0.29, 0.717) is 12.3 Å². The van der Waals surface area contributed by atoms with Gasteiger partial charge in [-0.2, -0.15) is 0 Å². The molecule has 106 valence electrons. The number of rotatable bonds is 4. The number of nitrogens with one attached hydrogen (secondary N) is 2. The Morgan fingerprint density at radius 1 is 1.10 bits per heavy atom. The van der Waals surface area contributed by atoms with Crippen LogP contribution >= 0.6 is 0 Å². The molecular weight excluding hydrogens is 264 g/mol. The first-order valence-corrected chi connectivity index (χ1v) is 6.88. The van der Waals surface area contributed by atoms with Crippen molar-refractivity contribution in [2.24, 2.45) is 0 Å². The average molecular weight is 280 g/mol. The first-order chi connectivity index (χ1) is 10.3. The van der Waals surface area contributed by atoms with E-state index < -0.39 is 6.09 Å². The van der Waals surface area contributed by atoms with Gasteiger partial charge in [-0.15, -0.1) is 0 Å². The molecule has 0 aliphatic carbocycles. The molecule has 0 aliphatic rings. The third-order valence-electron chi connectivity index (χ3n) is 3.26. The summed E-state index contributed by atoms with van der Waals surface area (Å²) in [6.07, 6.45) is 2.25. The normalized spacial score (nSPS) is 10.5. The standard InChI is InChI=1S/C17H16N2O2/c20-17(21-15-4-2-1-3-5-15)19-10-8-13-6-7-14-9-11-18-16(14)12-13/h1-7,9,11-12,18H,8,10H2,(H,19,20). The average Bonchev–Trinajstić information content (AvgIpc) is 2.96. The van der Waals surface area contributed by atoms with Crippen LogP contribution in [0.2, 0.25) is 0 Å². The maximum Gasteiger partial charge on any atom is 0.412 e. The lowest BCUT2D eigenvalue weighted by molar-refractivity contribution is 0.200. The highest BCUT2D eigenvalue weighted by atomic mass is 16.5. The van der Waals surface area contributed by atoms with E-state index in [1.54, 1.807) is 12.1 Å². The zero-order chi connectivity index (χ0) is 14.5. The van der Waals surface area contributed by atoms with Crippen LogP contribution in [0.1, 0.15) is 5.56 Å². The van der Waals surface area contributed by atoms with Gasteiger partial charge in [0.25, 0.3) is 0 Å². The van der Waals surface area contributed by atoms with Crippen LogP contribution in [0.5, 0.6) is 5.75 Å². The summed E-state index contributed by atoms with van der Waals surface area (Å²) < 4.78 is 5.15. The molecule has 1 heterocycles. The van der Waals surface area contributed by atoms with Crippen LogP contribution in [0.15, 0.2) is 60.8 Å². The number of H-pyrrole nitrogens is 1. The maximum atomic E-state index is 11.6. The van der Waals surface area contributed by atoms with Crippen molar-refractivity contribution in [2.45, 2.75) is 6.42 Å². The Hall–Kier alpha value is -2.75. The molecule has 0 atom stereocenters. The van der Waals surface area contributed by atoms with Gasteiger partial charge in [0.05, 0.1) is 0 Å². The highest BCUT2D eigenvalue weighted by Crippen LogP contribution is 2.14. The number of hydrogen-bond donors (Lipinski definition) is 2. The van der Waals surface area contributed by atoms with Gasteiger partial charge < -0.3 is 15.0 Å². The molecule has 3 aromatic rings. The fourth-order valence-corrected chi connectivity index (χ4v) is 2.19. The number of benzene rings is 2. The molecule has 0 radical (unpaired) electrons. The summed E-state index contributed by atoms with van der Waals surface area (Å²) in [5, 5.41) is 3.94. The quantitative estimate of drug-likeness (QED) is 0.768. The predicted molar refractivity (Wildman–Crippen MR) is 82.5 cm³/mol. The number of hydrogen-bond acceptors (Lipinski definition) is 2. The van der Waals surface area contributed by atoms with E-state index in [2.05, 4.69) is 28.5 Å². The second kappa shape index (κ2) is 6.13. The number of carbonyl (C=O) groups excluding carboxylic acids is 1. The number of amides is 1. The summed E-state index contributed by atoms with van der Waals surface area (Å²) in [7, 11) is 0. The number of para-hydroxylation sites is 1. The summed E-state index contributed by atoms with van der Waals surface area (Å²) in [6.45, 7) is 0.540. The fraction of sp³-hybridized carbons (Fsp3) is 0.118. The SMILES string of the molecule is O=C(NCCc1ccc2cc[nH]c2c1)Oc1ccccc1. The minimum atomic E-state index is -0.429. The van der Waals surface area contributed by atoms with Crippen LogP contribution < -0.4 is 10.1 Å². The lowest BCUT2D eigenvalue weighted by atomic mass is 10.1. The molecule has 1 aromatic heterocycles. The molecule has 0 fully saturated rings. The fourth-order valence-electron chi connectivity index (χ4n) is 2.19. The van der Waals surface area contributed by atoms with Crippen molar-refractivity contribution in [2.75, 3.05) is 6.54 Å². The number of aromatic nitrogens is 1. The monoisotopic (exact) mass is 280 g/mol. The van der Waals surface area contributed by atoms with E-state index >= 15 is 0 Å². The molecule has 4 heteroatoms. The molecule has 0 unspecified atom stereocenters. The number of ether oxygens (including phenoxy) is 1. The van der Waals surface area contributed by atoms with E-state index in [0.717, 1.165) is 11.9 Å². The van der Waals surface area contributed by atoms with Crippen molar-refractivity contribution in [1.29, 1.82) is 0 Å². The Morgan fingerprint density at radius 3 is 2.81 bits per heavy atom. The number of carbonyl (C=O) groups is 1. The van der Waals surface area contributed by atoms with Crippen molar-refractivity contribution >= 4 is 17.0 Å². The van der Waals surface area contributed by atoms with Crippen molar-refractivity contribution in [1.82, 2.24) is 10.3 Å². The minimum Gasteiger partial charge on any atom is -0.410 e. The predicted octanol–water partition coefficient (Wildman–Crippen LogP) is 3.50. The second-order valence-corrected chi connectivity index (χ2v) is 4.78. The van der Waals surface area contributed by atoms with Crippen LogP contribution in [0, 0.1) is 0 Å². The highest BCUT2D eigenvalue weighted by molar-refractivity contribution is 5.79. The van der Waals surface area contributed by atoms with Crippen LogP contribution in [0.4, 0.5) is 4.79 Å². The van der Waals surface area contributed by atoms with Gasteiger partial charge in [0.2, 0.25) is 0 Å². The van der Waals surface area contributed by atoms with Crippen LogP contribution in [-0.4, -0.2) is 17.6 Å². The van der Waals surface area contributed by atoms with Crippen molar-refractivity contribution in [3.8, 4) is 5.75 Å². The Morgan fingerprint density at radius 2 is 1.95 bits per heavy atom. The van der Waals surface area contributed by atoms with Gasteiger partial charge in [-0.1, -0.05) is 30.3 Å². The van der Waals surface area contributed by atoms with Gasteiger partial charge in [0.15, 0.2) is 0 Å². The molecule has 0 saturated carbocycles. The number of aromatic amines is 1. The zero-order valence-electron chi connectivity index (χ0n) is 11.5. The van der Waals surface area contributed by atoms with E-state index in [4.69, 9.17) is 4.74 Å². The molecule has 21 heavy (non-hydrogen) atoms. The van der Waals surface area contributed by atoms with Gasteiger partial charge in [-0.05, 0) is 41.6 Å². The summed E-state index contributed by atoms with van der Waals surface area (Å²) in [6, 6.07) is 17.3.